The van der Waals surface area contributed by atoms with Crippen LogP contribution in [0.3, 0.4) is 0 Å². The quantitative estimate of drug-likeness (QED) is 0.356. The molecular weight excluding hydrogens is 538 g/mol. The van der Waals surface area contributed by atoms with Crippen LogP contribution in [0.2, 0.25) is 0 Å². The number of esters is 1. The number of carbonyl (C=O) groups is 3. The third-order valence-corrected chi connectivity index (χ3v) is 6.26. The fourth-order valence-electron chi connectivity index (χ4n) is 2.74. The molecule has 3 rings (SSSR count). The molecule has 0 N–H and O–H groups in total. The number of imide groups is 1. The van der Waals surface area contributed by atoms with Crippen molar-refractivity contribution in [1.29, 1.82) is 0 Å². The molecule has 0 radical (unpaired) electrons. The second kappa shape index (κ2) is 9.80. The number of hydrogen-bond donors (Lipinski definition) is 0. The molecule has 2 aromatic carbocycles. The Morgan fingerprint density at radius 2 is 1.87 bits per heavy atom. The van der Waals surface area contributed by atoms with Gasteiger partial charge >= 0.3 is 5.97 Å². The molecule has 0 atom stereocenters. The number of aryl methyl sites for hydroxylation is 1. The predicted octanol–water partition coefficient (Wildman–Crippen LogP) is 5.31. The molecule has 0 aromatic heterocycles. The zero-order valence-corrected chi connectivity index (χ0v) is 20.1. The van der Waals surface area contributed by atoms with Crippen molar-refractivity contribution < 1.29 is 23.9 Å². The van der Waals surface area contributed by atoms with Gasteiger partial charge in [-0.25, -0.2) is 0 Å². The number of carbonyl (C=O) groups excluding carboxylic acids is 3. The Morgan fingerprint density at radius 1 is 1.17 bits per heavy atom. The van der Waals surface area contributed by atoms with Crippen molar-refractivity contribution in [3.8, 4) is 5.75 Å². The van der Waals surface area contributed by atoms with Crippen LogP contribution in [0, 0.1) is 6.92 Å². The molecule has 156 valence electrons. The monoisotopic (exact) mass is 553 g/mol. The van der Waals surface area contributed by atoms with Gasteiger partial charge in [-0.2, -0.15) is 0 Å². The van der Waals surface area contributed by atoms with Crippen molar-refractivity contribution in [3.63, 3.8) is 0 Å². The SMILES string of the molecule is COC(=O)CN1C(=O)S/C(=C/c2cc(Br)c(OCc3cccc(C)c3)c(Br)c2)C1=O. The highest BCUT2D eigenvalue weighted by atomic mass is 79.9. The predicted molar refractivity (Wildman–Crippen MR) is 122 cm³/mol. The Balaban J connectivity index is 1.77. The minimum atomic E-state index is -0.654. The van der Waals surface area contributed by atoms with Gasteiger partial charge in [-0.3, -0.25) is 19.3 Å². The normalized spacial score (nSPS) is 15.1. The van der Waals surface area contributed by atoms with Crippen LogP contribution in [0.4, 0.5) is 4.79 Å². The third kappa shape index (κ3) is 5.33. The van der Waals surface area contributed by atoms with Gasteiger partial charge in [0.2, 0.25) is 0 Å². The van der Waals surface area contributed by atoms with Gasteiger partial charge < -0.3 is 9.47 Å². The van der Waals surface area contributed by atoms with Crippen LogP contribution in [0.1, 0.15) is 16.7 Å². The highest BCUT2D eigenvalue weighted by molar-refractivity contribution is 9.11. The summed E-state index contributed by atoms with van der Waals surface area (Å²) in [6, 6.07) is 11.6. The van der Waals surface area contributed by atoms with Crippen molar-refractivity contribution in [2.24, 2.45) is 0 Å². The fraction of sp³-hybridized carbons (Fsp3) is 0.190. The second-order valence-corrected chi connectivity index (χ2v) is 9.14. The Hall–Kier alpha value is -2.10. The van der Waals surface area contributed by atoms with Crippen LogP contribution in [0.5, 0.6) is 5.75 Å². The van der Waals surface area contributed by atoms with Crippen molar-refractivity contribution in [2.45, 2.75) is 13.5 Å². The molecule has 30 heavy (non-hydrogen) atoms. The van der Waals surface area contributed by atoms with E-state index in [1.54, 1.807) is 18.2 Å². The molecule has 1 heterocycles. The smallest absolute Gasteiger partial charge is 0.325 e. The van der Waals surface area contributed by atoms with Gasteiger partial charge in [0.25, 0.3) is 11.1 Å². The summed E-state index contributed by atoms with van der Waals surface area (Å²) in [5, 5.41) is -0.507. The molecule has 1 fully saturated rings. The molecule has 1 aliphatic heterocycles. The van der Waals surface area contributed by atoms with Crippen LogP contribution in [-0.4, -0.2) is 35.7 Å². The standard InChI is InChI=1S/C21H17Br2NO5S/c1-12-4-3-5-13(6-12)11-29-19-15(22)7-14(8-16(19)23)9-17-20(26)24(21(27)30-17)10-18(25)28-2/h3-9H,10-11H2,1-2H3/b17-9+. The summed E-state index contributed by atoms with van der Waals surface area (Å²) in [6.45, 7) is 2.03. The molecule has 0 spiro atoms. The summed E-state index contributed by atoms with van der Waals surface area (Å²) in [5.74, 6) is -0.547. The number of thioether (sulfide) groups is 1. The maximum Gasteiger partial charge on any atom is 0.325 e. The highest BCUT2D eigenvalue weighted by Gasteiger charge is 2.36. The Morgan fingerprint density at radius 3 is 2.50 bits per heavy atom. The maximum absolute atomic E-state index is 12.5. The van der Waals surface area contributed by atoms with E-state index in [1.807, 2.05) is 25.1 Å². The lowest BCUT2D eigenvalue weighted by molar-refractivity contribution is -0.143. The van der Waals surface area contributed by atoms with Crippen LogP contribution in [0.15, 0.2) is 50.2 Å². The van der Waals surface area contributed by atoms with Crippen LogP contribution in [0.25, 0.3) is 6.08 Å². The van der Waals surface area contributed by atoms with E-state index in [2.05, 4.69) is 42.7 Å². The summed E-state index contributed by atoms with van der Waals surface area (Å²) in [4.78, 5) is 37.0. The zero-order valence-electron chi connectivity index (χ0n) is 16.1. The second-order valence-electron chi connectivity index (χ2n) is 6.44. The molecule has 0 saturated carbocycles. The molecule has 9 heteroatoms. The minimum absolute atomic E-state index is 0.233. The summed E-state index contributed by atoms with van der Waals surface area (Å²) in [6.07, 6.45) is 1.60. The number of rotatable bonds is 6. The maximum atomic E-state index is 12.5. The van der Waals surface area contributed by atoms with Crippen molar-refractivity contribution in [1.82, 2.24) is 4.90 Å². The van der Waals surface area contributed by atoms with E-state index >= 15 is 0 Å². The first-order chi connectivity index (χ1) is 14.3. The lowest BCUT2D eigenvalue weighted by Crippen LogP contribution is -2.34. The molecule has 1 aliphatic rings. The topological polar surface area (TPSA) is 72.9 Å². The van der Waals surface area contributed by atoms with Gasteiger partial charge in [0, 0.05) is 0 Å². The van der Waals surface area contributed by atoms with Crippen molar-refractivity contribution in [2.75, 3.05) is 13.7 Å². The first-order valence-electron chi connectivity index (χ1n) is 8.78. The first-order valence-corrected chi connectivity index (χ1v) is 11.2. The Bertz CT molecular complexity index is 1030. The molecule has 6 nitrogen and oxygen atoms in total. The number of ether oxygens (including phenoxy) is 2. The Labute approximate surface area is 194 Å². The first kappa shape index (κ1) is 22.6. The van der Waals surface area contributed by atoms with Crippen LogP contribution >= 0.6 is 43.6 Å². The summed E-state index contributed by atoms with van der Waals surface area (Å²) in [7, 11) is 1.20. The fourth-order valence-corrected chi connectivity index (χ4v) is 5.03. The summed E-state index contributed by atoms with van der Waals surface area (Å²) < 4.78 is 11.9. The highest BCUT2D eigenvalue weighted by Crippen LogP contribution is 2.38. The van der Waals surface area contributed by atoms with Crippen molar-refractivity contribution in [3.05, 3.63) is 66.9 Å². The summed E-state index contributed by atoms with van der Waals surface area (Å²) >= 11 is 7.79. The Kier molecular flexibility index (Phi) is 7.38. The number of hydrogen-bond acceptors (Lipinski definition) is 6. The average Bonchev–Trinajstić information content (AvgIpc) is 2.94. The molecule has 0 unspecified atom stereocenters. The van der Waals surface area contributed by atoms with E-state index in [0.29, 0.717) is 26.9 Å². The van der Waals surface area contributed by atoms with Gasteiger partial charge in [0.05, 0.1) is 21.0 Å². The van der Waals surface area contributed by atoms with Gasteiger partial charge in [-0.15, -0.1) is 0 Å². The largest absolute Gasteiger partial charge is 0.487 e. The minimum Gasteiger partial charge on any atom is -0.487 e. The van der Waals surface area contributed by atoms with Gasteiger partial charge in [0.1, 0.15) is 18.9 Å². The van der Waals surface area contributed by atoms with Crippen LogP contribution in [-0.2, 0) is 20.9 Å². The van der Waals surface area contributed by atoms with E-state index in [9.17, 15) is 14.4 Å². The zero-order chi connectivity index (χ0) is 21.8. The number of methoxy groups -OCH3 is 1. The number of nitrogens with zero attached hydrogens (tertiary/aromatic N) is 1. The average molecular weight is 555 g/mol. The summed E-state index contributed by atoms with van der Waals surface area (Å²) in [5.41, 5.74) is 2.91. The van der Waals surface area contributed by atoms with Gasteiger partial charge in [-0.1, -0.05) is 29.8 Å². The van der Waals surface area contributed by atoms with Gasteiger partial charge in [0.15, 0.2) is 0 Å². The molecule has 0 aliphatic carbocycles. The molecule has 2 amide bonds. The van der Waals surface area contributed by atoms with Gasteiger partial charge in [-0.05, 0) is 79.9 Å². The number of halogens is 2. The van der Waals surface area contributed by atoms with Crippen molar-refractivity contribution >= 4 is 66.8 Å². The number of amides is 2. The van der Waals surface area contributed by atoms with E-state index in [1.165, 1.54) is 7.11 Å². The lowest BCUT2D eigenvalue weighted by Gasteiger charge is -2.12. The molecule has 1 saturated heterocycles. The van der Waals surface area contributed by atoms with E-state index in [-0.39, 0.29) is 4.91 Å². The number of benzene rings is 2. The molecule has 2 aromatic rings. The van der Waals surface area contributed by atoms with Crippen LogP contribution < -0.4 is 4.74 Å². The van der Waals surface area contributed by atoms with E-state index < -0.39 is 23.7 Å². The lowest BCUT2D eigenvalue weighted by atomic mass is 10.1. The van der Waals surface area contributed by atoms with E-state index in [4.69, 9.17) is 4.74 Å². The van der Waals surface area contributed by atoms with E-state index in [0.717, 1.165) is 27.8 Å². The third-order valence-electron chi connectivity index (χ3n) is 4.17. The molecule has 0 bridgehead atoms. The molecular formula is C21H17Br2NO5S.